The van der Waals surface area contributed by atoms with Crippen molar-refractivity contribution in [3.63, 3.8) is 0 Å². The van der Waals surface area contributed by atoms with Gasteiger partial charge in [-0.25, -0.2) is 0 Å². The first-order valence-corrected chi connectivity index (χ1v) is 7.33. The molecule has 0 saturated carbocycles. The van der Waals surface area contributed by atoms with Crippen LogP contribution >= 0.6 is 23.2 Å². The van der Waals surface area contributed by atoms with Gasteiger partial charge < -0.3 is 14.2 Å². The Morgan fingerprint density at radius 3 is 2.81 bits per heavy atom. The summed E-state index contributed by atoms with van der Waals surface area (Å²) in [5.74, 6) is 0.195. The van der Waals surface area contributed by atoms with E-state index in [0.29, 0.717) is 42.1 Å². The fraction of sp³-hybridized carbons (Fsp3) is 0.500. The van der Waals surface area contributed by atoms with Crippen LogP contribution in [0.5, 0.6) is 5.75 Å². The Morgan fingerprint density at radius 1 is 1.43 bits per heavy atom. The number of ether oxygens (including phenoxy) is 3. The van der Waals surface area contributed by atoms with Gasteiger partial charge in [0.25, 0.3) is 0 Å². The molecule has 0 unspecified atom stereocenters. The third-order valence-electron chi connectivity index (χ3n) is 3.14. The maximum absolute atomic E-state index is 11.3. The first-order valence-electron chi connectivity index (χ1n) is 6.57. The molecule has 5 nitrogen and oxygen atoms in total. The number of halogens is 2. The van der Waals surface area contributed by atoms with Crippen molar-refractivity contribution in [2.45, 2.75) is 6.10 Å². The monoisotopic (exact) mass is 333 g/mol. The van der Waals surface area contributed by atoms with E-state index in [1.807, 2.05) is 4.90 Å². The molecular formula is C14H17Cl2NO4. The van der Waals surface area contributed by atoms with Gasteiger partial charge in [0.15, 0.2) is 5.75 Å². The molecule has 2 rings (SSSR count). The molecule has 1 fully saturated rings. The number of benzene rings is 1. The van der Waals surface area contributed by atoms with Crippen LogP contribution in [0.15, 0.2) is 18.2 Å². The normalized spacial score (nSPS) is 19.3. The maximum atomic E-state index is 11.3. The number of para-hydroxylation sites is 1. The van der Waals surface area contributed by atoms with Gasteiger partial charge in [0.2, 0.25) is 0 Å². The molecule has 1 saturated heterocycles. The lowest BCUT2D eigenvalue weighted by atomic mass is 10.3. The van der Waals surface area contributed by atoms with Crippen molar-refractivity contribution in [1.29, 1.82) is 0 Å². The van der Waals surface area contributed by atoms with Crippen LogP contribution in [0.3, 0.4) is 0 Å². The number of rotatable bonds is 5. The summed E-state index contributed by atoms with van der Waals surface area (Å²) in [4.78, 5) is 13.3. The Labute approximate surface area is 133 Å². The first kappa shape index (κ1) is 16.4. The van der Waals surface area contributed by atoms with E-state index in [9.17, 15) is 4.79 Å². The lowest BCUT2D eigenvalue weighted by molar-refractivity contribution is -0.144. The summed E-state index contributed by atoms with van der Waals surface area (Å²) in [5.41, 5.74) is 0. The number of hydrogen-bond acceptors (Lipinski definition) is 5. The first-order chi connectivity index (χ1) is 10.1. The van der Waals surface area contributed by atoms with Crippen molar-refractivity contribution < 1.29 is 19.0 Å². The minimum atomic E-state index is -0.259. The Balaban J connectivity index is 1.87. The summed E-state index contributed by atoms with van der Waals surface area (Å²) in [7, 11) is 1.38. The van der Waals surface area contributed by atoms with Crippen LogP contribution in [0.1, 0.15) is 0 Å². The highest BCUT2D eigenvalue weighted by atomic mass is 35.5. The molecule has 1 aromatic rings. The molecule has 0 N–H and O–H groups in total. The standard InChI is InChI=1S/C14H17Cl2NO4/c1-19-13(18)8-17-5-6-20-10(7-17)9-21-14-11(15)3-2-4-12(14)16/h2-4,10H,5-9H2,1H3/t10-/m1/s1. The smallest absolute Gasteiger partial charge is 0.319 e. The van der Waals surface area contributed by atoms with E-state index in [1.54, 1.807) is 18.2 Å². The van der Waals surface area contributed by atoms with Gasteiger partial charge in [-0.2, -0.15) is 0 Å². The molecule has 1 aliphatic heterocycles. The zero-order valence-electron chi connectivity index (χ0n) is 11.7. The highest BCUT2D eigenvalue weighted by molar-refractivity contribution is 6.37. The minimum absolute atomic E-state index is 0.143. The molecule has 1 aliphatic rings. The van der Waals surface area contributed by atoms with Crippen LogP contribution in [0, 0.1) is 0 Å². The summed E-state index contributed by atoms with van der Waals surface area (Å²) < 4.78 is 15.9. The van der Waals surface area contributed by atoms with Gasteiger partial charge in [-0.1, -0.05) is 29.3 Å². The Bertz CT molecular complexity index is 478. The molecule has 0 radical (unpaired) electrons. The van der Waals surface area contributed by atoms with Crippen molar-refractivity contribution in [2.24, 2.45) is 0 Å². The molecule has 1 heterocycles. The van der Waals surface area contributed by atoms with E-state index in [2.05, 4.69) is 4.74 Å². The molecule has 1 aromatic carbocycles. The molecule has 7 heteroatoms. The lowest BCUT2D eigenvalue weighted by Gasteiger charge is -2.32. The number of esters is 1. The number of hydrogen-bond donors (Lipinski definition) is 0. The van der Waals surface area contributed by atoms with Gasteiger partial charge >= 0.3 is 5.97 Å². The number of nitrogens with zero attached hydrogens (tertiary/aromatic N) is 1. The highest BCUT2D eigenvalue weighted by Crippen LogP contribution is 2.32. The third kappa shape index (κ3) is 4.74. The van der Waals surface area contributed by atoms with Crippen LogP contribution in [0.4, 0.5) is 0 Å². The maximum Gasteiger partial charge on any atom is 0.319 e. The number of carbonyl (C=O) groups excluding carboxylic acids is 1. The van der Waals surface area contributed by atoms with Crippen molar-refractivity contribution >= 4 is 29.2 Å². The largest absolute Gasteiger partial charge is 0.488 e. The number of carbonyl (C=O) groups is 1. The van der Waals surface area contributed by atoms with E-state index < -0.39 is 0 Å². The average molecular weight is 334 g/mol. The summed E-state index contributed by atoms with van der Waals surface area (Å²) in [6.07, 6.45) is -0.143. The van der Waals surface area contributed by atoms with E-state index >= 15 is 0 Å². The third-order valence-corrected chi connectivity index (χ3v) is 3.73. The zero-order valence-corrected chi connectivity index (χ0v) is 13.2. The van der Waals surface area contributed by atoms with Crippen molar-refractivity contribution in [1.82, 2.24) is 4.90 Å². The molecule has 0 aliphatic carbocycles. The van der Waals surface area contributed by atoms with Gasteiger partial charge in [-0.15, -0.1) is 0 Å². The number of morpholine rings is 1. The summed E-state index contributed by atoms with van der Waals surface area (Å²) >= 11 is 12.1. The van der Waals surface area contributed by atoms with E-state index in [1.165, 1.54) is 7.11 Å². The van der Waals surface area contributed by atoms with Crippen molar-refractivity contribution in [2.75, 3.05) is 40.0 Å². The van der Waals surface area contributed by atoms with E-state index in [-0.39, 0.29) is 18.6 Å². The zero-order chi connectivity index (χ0) is 15.2. The molecule has 1 atom stereocenters. The van der Waals surface area contributed by atoms with Crippen LogP contribution in [0.25, 0.3) is 0 Å². The summed E-state index contributed by atoms with van der Waals surface area (Å²) in [6, 6.07) is 5.19. The van der Waals surface area contributed by atoms with Crippen LogP contribution in [-0.2, 0) is 14.3 Å². The molecule has 0 amide bonds. The predicted molar refractivity (Wildman–Crippen MR) is 80.2 cm³/mol. The Kier molecular flexibility index (Phi) is 6.11. The Hall–Kier alpha value is -1.01. The second kappa shape index (κ2) is 7.84. The molecule has 0 aromatic heterocycles. The SMILES string of the molecule is COC(=O)CN1CCO[C@@H](COc2c(Cl)cccc2Cl)C1. The summed E-state index contributed by atoms with van der Waals surface area (Å²) in [6.45, 7) is 2.40. The molecule has 21 heavy (non-hydrogen) atoms. The second-order valence-electron chi connectivity index (χ2n) is 4.67. The molecule has 116 valence electrons. The minimum Gasteiger partial charge on any atom is -0.488 e. The van der Waals surface area contributed by atoms with Crippen LogP contribution < -0.4 is 4.74 Å². The predicted octanol–water partition coefficient (Wildman–Crippen LogP) is 2.25. The second-order valence-corrected chi connectivity index (χ2v) is 5.48. The van der Waals surface area contributed by atoms with E-state index in [0.717, 1.165) is 0 Å². The van der Waals surface area contributed by atoms with Crippen LogP contribution in [-0.4, -0.2) is 56.9 Å². The van der Waals surface area contributed by atoms with Gasteiger partial charge in [0.1, 0.15) is 12.7 Å². The molecule has 0 spiro atoms. The number of methoxy groups -OCH3 is 1. The summed E-state index contributed by atoms with van der Waals surface area (Å²) in [5, 5.41) is 0.925. The van der Waals surface area contributed by atoms with Crippen LogP contribution in [0.2, 0.25) is 10.0 Å². The fourth-order valence-corrected chi connectivity index (χ4v) is 2.58. The highest BCUT2D eigenvalue weighted by Gasteiger charge is 2.23. The quantitative estimate of drug-likeness (QED) is 0.773. The van der Waals surface area contributed by atoms with Crippen molar-refractivity contribution in [3.05, 3.63) is 28.2 Å². The van der Waals surface area contributed by atoms with E-state index in [4.69, 9.17) is 32.7 Å². The molecule has 0 bridgehead atoms. The topological polar surface area (TPSA) is 48.0 Å². The van der Waals surface area contributed by atoms with Gasteiger partial charge in [-0.05, 0) is 12.1 Å². The fourth-order valence-electron chi connectivity index (χ4n) is 2.07. The Morgan fingerprint density at radius 2 is 2.14 bits per heavy atom. The average Bonchev–Trinajstić information content (AvgIpc) is 2.47. The molecular weight excluding hydrogens is 317 g/mol. The van der Waals surface area contributed by atoms with Gasteiger partial charge in [-0.3, -0.25) is 9.69 Å². The lowest BCUT2D eigenvalue weighted by Crippen LogP contribution is -2.46. The van der Waals surface area contributed by atoms with Gasteiger partial charge in [0.05, 0.1) is 30.3 Å². The van der Waals surface area contributed by atoms with Gasteiger partial charge in [0, 0.05) is 13.1 Å². The van der Waals surface area contributed by atoms with Crippen molar-refractivity contribution in [3.8, 4) is 5.75 Å².